The molecule has 2 N–H and O–H groups in total. The van der Waals surface area contributed by atoms with Crippen LogP contribution in [0.15, 0.2) is 133 Å². The molecule has 6 aromatic rings. The number of nitrogens with zero attached hydrogens (tertiary/aromatic N) is 6. The number of hydrogen-bond acceptors (Lipinski definition) is 9. The zero-order valence-electron chi connectivity index (χ0n) is 31.5. The normalized spacial score (nSPS) is 18.4. The van der Waals surface area contributed by atoms with Crippen molar-refractivity contribution in [3.8, 4) is 5.75 Å². The number of azide groups is 1. The van der Waals surface area contributed by atoms with Crippen molar-refractivity contribution in [2.24, 2.45) is 5.11 Å². The average Bonchev–Trinajstić information content (AvgIpc) is 3.76. The molecule has 0 radical (unpaired) electrons. The first-order valence-corrected chi connectivity index (χ1v) is 18.3. The standard InChI is InChI=1S/C43H43N7O6/c1-42(2,3)56-41(52)50-34(26-55-43(29-14-8-5-9-15-29,30-16-10-6-11-17-30)31-18-12-7-13-19-31)39(54-25-28-20-22-32(53-4)23-21-28)38(51)37(50)33-24-45-36-35(33)46-27-47-40(36)48-49-44/h5-24,27,34,37-39,45,51H,25-26H2,1-4H3/t34-,37+,38+,39-/m1/s1. The fourth-order valence-corrected chi connectivity index (χ4v) is 7.40. The Morgan fingerprint density at radius 2 is 1.48 bits per heavy atom. The van der Waals surface area contributed by atoms with Gasteiger partial charge in [-0.05, 0) is 65.8 Å². The number of rotatable bonds is 12. The fourth-order valence-electron chi connectivity index (χ4n) is 7.40. The molecule has 1 aliphatic rings. The molecular formula is C43H43N7O6. The van der Waals surface area contributed by atoms with E-state index in [1.54, 1.807) is 34.1 Å². The number of hydrogen-bond donors (Lipinski definition) is 2. The van der Waals surface area contributed by atoms with Gasteiger partial charge in [0.2, 0.25) is 0 Å². The van der Waals surface area contributed by atoms with Crippen LogP contribution in [0.1, 0.15) is 54.6 Å². The highest BCUT2D eigenvalue weighted by atomic mass is 16.6. The van der Waals surface area contributed by atoms with Crippen molar-refractivity contribution >= 4 is 22.9 Å². The summed E-state index contributed by atoms with van der Waals surface area (Å²) in [5, 5.41) is 16.2. The molecule has 7 rings (SSSR count). The molecule has 2 aromatic heterocycles. The number of carbonyl (C=O) groups excluding carboxylic acids is 1. The van der Waals surface area contributed by atoms with E-state index in [0.717, 1.165) is 22.3 Å². The smallest absolute Gasteiger partial charge is 0.411 e. The SMILES string of the molecule is COc1ccc(CO[C@H]2[C@@H](O)[C@H](c3c[nH]c4c(N=[N+]=[N-])ncnc34)N(C(=O)OC(C)(C)C)[C@@H]2COC(c2ccccc2)(c2ccccc2)c2ccccc2)cc1. The predicted molar refractivity (Wildman–Crippen MR) is 210 cm³/mol. The molecule has 3 heterocycles. The summed E-state index contributed by atoms with van der Waals surface area (Å²) in [5.41, 5.74) is 11.8. The Morgan fingerprint density at radius 1 is 0.893 bits per heavy atom. The number of carbonyl (C=O) groups is 1. The second-order valence-electron chi connectivity index (χ2n) is 14.5. The van der Waals surface area contributed by atoms with Crippen LogP contribution in [0, 0.1) is 0 Å². The van der Waals surface area contributed by atoms with Crippen molar-refractivity contribution in [2.75, 3.05) is 13.7 Å². The van der Waals surface area contributed by atoms with Gasteiger partial charge in [0.05, 0.1) is 43.4 Å². The van der Waals surface area contributed by atoms with E-state index in [-0.39, 0.29) is 19.0 Å². The highest BCUT2D eigenvalue weighted by Crippen LogP contribution is 2.45. The summed E-state index contributed by atoms with van der Waals surface area (Å²) in [5.74, 6) is 0.767. The van der Waals surface area contributed by atoms with E-state index in [9.17, 15) is 15.4 Å². The van der Waals surface area contributed by atoms with Crippen LogP contribution in [0.4, 0.5) is 10.6 Å². The van der Waals surface area contributed by atoms with Gasteiger partial charge in [0.15, 0.2) is 5.82 Å². The number of aromatic nitrogens is 3. The van der Waals surface area contributed by atoms with Crippen LogP contribution < -0.4 is 4.74 Å². The third-order valence-corrected chi connectivity index (χ3v) is 9.84. The number of methoxy groups -OCH3 is 1. The number of aliphatic hydroxyl groups is 1. The highest BCUT2D eigenvalue weighted by molar-refractivity contribution is 5.87. The maximum atomic E-state index is 14.6. The van der Waals surface area contributed by atoms with E-state index in [2.05, 4.69) is 25.0 Å². The largest absolute Gasteiger partial charge is 0.497 e. The third kappa shape index (κ3) is 7.53. The molecule has 13 heteroatoms. The van der Waals surface area contributed by atoms with Gasteiger partial charge in [-0.25, -0.2) is 14.8 Å². The first-order valence-electron chi connectivity index (χ1n) is 18.3. The van der Waals surface area contributed by atoms with Gasteiger partial charge in [-0.3, -0.25) is 4.90 Å². The minimum Gasteiger partial charge on any atom is -0.497 e. The number of amides is 1. The lowest BCUT2D eigenvalue weighted by atomic mass is 9.80. The number of H-pyrrole nitrogens is 1. The first kappa shape index (κ1) is 38.1. The molecule has 4 atom stereocenters. The molecule has 1 fully saturated rings. The number of aromatic amines is 1. The second-order valence-corrected chi connectivity index (χ2v) is 14.5. The van der Waals surface area contributed by atoms with E-state index in [1.165, 1.54) is 11.2 Å². The van der Waals surface area contributed by atoms with Crippen LogP contribution in [0.5, 0.6) is 5.75 Å². The molecule has 1 aliphatic heterocycles. The van der Waals surface area contributed by atoms with Gasteiger partial charge >= 0.3 is 6.09 Å². The Kier molecular flexibility index (Phi) is 11.0. The molecular weight excluding hydrogens is 711 g/mol. The number of likely N-dealkylation sites (tertiary alicyclic amines) is 1. The number of fused-ring (bicyclic) bond motifs is 1. The first-order chi connectivity index (χ1) is 27.1. The quantitative estimate of drug-likeness (QED) is 0.0543. The maximum Gasteiger partial charge on any atom is 0.411 e. The fraction of sp³-hybridized carbons (Fsp3) is 0.279. The number of ether oxygens (including phenoxy) is 4. The molecule has 0 bridgehead atoms. The van der Waals surface area contributed by atoms with Gasteiger partial charge < -0.3 is 29.0 Å². The van der Waals surface area contributed by atoms with Crippen LogP contribution in [0.25, 0.3) is 21.5 Å². The lowest BCUT2D eigenvalue weighted by molar-refractivity contribution is -0.0763. The lowest BCUT2D eigenvalue weighted by Crippen LogP contribution is -2.48. The molecule has 13 nitrogen and oxygen atoms in total. The Hall–Kier alpha value is -6.24. The van der Waals surface area contributed by atoms with Gasteiger partial charge in [-0.2, -0.15) is 0 Å². The van der Waals surface area contributed by atoms with Crippen molar-refractivity contribution in [3.63, 3.8) is 0 Å². The van der Waals surface area contributed by atoms with E-state index in [4.69, 9.17) is 18.9 Å². The molecule has 0 saturated carbocycles. The van der Waals surface area contributed by atoms with Gasteiger partial charge in [0.25, 0.3) is 0 Å². The average molecular weight is 754 g/mol. The zero-order valence-corrected chi connectivity index (χ0v) is 31.5. The Labute approximate surface area is 324 Å². The number of nitrogens with one attached hydrogen (secondary N) is 1. The molecule has 1 amide bonds. The summed E-state index contributed by atoms with van der Waals surface area (Å²) in [6.45, 7) is 5.36. The van der Waals surface area contributed by atoms with Crippen molar-refractivity contribution < 1.29 is 28.8 Å². The summed E-state index contributed by atoms with van der Waals surface area (Å²) in [6.07, 6.45) is -0.0694. The van der Waals surface area contributed by atoms with Crippen molar-refractivity contribution in [2.45, 2.75) is 62.9 Å². The summed E-state index contributed by atoms with van der Waals surface area (Å²) in [7, 11) is 1.60. The summed E-state index contributed by atoms with van der Waals surface area (Å²) in [6, 6.07) is 35.2. The van der Waals surface area contributed by atoms with E-state index in [1.807, 2.05) is 115 Å². The molecule has 0 unspecified atom stereocenters. The maximum absolute atomic E-state index is 14.6. The summed E-state index contributed by atoms with van der Waals surface area (Å²) >= 11 is 0. The molecule has 56 heavy (non-hydrogen) atoms. The molecule has 0 aliphatic carbocycles. The van der Waals surface area contributed by atoms with E-state index >= 15 is 0 Å². The molecule has 0 spiro atoms. The van der Waals surface area contributed by atoms with Crippen LogP contribution >= 0.6 is 0 Å². The number of benzene rings is 4. The van der Waals surface area contributed by atoms with Gasteiger partial charge in [0.1, 0.15) is 35.5 Å². The van der Waals surface area contributed by atoms with Crippen LogP contribution in [-0.4, -0.2) is 68.6 Å². The van der Waals surface area contributed by atoms with Crippen molar-refractivity contribution in [3.05, 3.63) is 166 Å². The van der Waals surface area contributed by atoms with Crippen LogP contribution in [0.3, 0.4) is 0 Å². The Morgan fingerprint density at radius 3 is 2.02 bits per heavy atom. The second kappa shape index (κ2) is 16.2. The van der Waals surface area contributed by atoms with Crippen LogP contribution in [-0.2, 0) is 26.4 Å². The highest BCUT2D eigenvalue weighted by Gasteiger charge is 2.55. The van der Waals surface area contributed by atoms with E-state index < -0.39 is 41.6 Å². The minimum atomic E-state index is -1.30. The monoisotopic (exact) mass is 753 g/mol. The minimum absolute atomic E-state index is 0.0746. The molecule has 1 saturated heterocycles. The van der Waals surface area contributed by atoms with Gasteiger partial charge in [-0.15, -0.1) is 0 Å². The Bertz CT molecular complexity index is 2200. The zero-order chi connectivity index (χ0) is 39.3. The van der Waals surface area contributed by atoms with Crippen molar-refractivity contribution in [1.82, 2.24) is 19.9 Å². The van der Waals surface area contributed by atoms with E-state index in [0.29, 0.717) is 22.3 Å². The predicted octanol–water partition coefficient (Wildman–Crippen LogP) is 8.52. The lowest BCUT2D eigenvalue weighted by Gasteiger charge is -2.39. The summed E-state index contributed by atoms with van der Waals surface area (Å²) < 4.78 is 25.4. The van der Waals surface area contributed by atoms with Crippen LogP contribution in [0.2, 0.25) is 0 Å². The molecule has 286 valence electrons. The summed E-state index contributed by atoms with van der Waals surface area (Å²) in [4.78, 5) is 30.7. The molecule has 4 aromatic carbocycles. The third-order valence-electron chi connectivity index (χ3n) is 9.84. The van der Waals surface area contributed by atoms with Gasteiger partial charge in [0, 0.05) is 16.7 Å². The van der Waals surface area contributed by atoms with Gasteiger partial charge in [-0.1, -0.05) is 103 Å². The van der Waals surface area contributed by atoms with Crippen molar-refractivity contribution in [1.29, 1.82) is 0 Å². The topological polar surface area (TPSA) is 168 Å². The Balaban J connectivity index is 1.38. The number of aliphatic hydroxyl groups excluding tert-OH is 1.